The minimum absolute atomic E-state index is 0.772. The van der Waals surface area contributed by atoms with Gasteiger partial charge in [0.15, 0.2) is 0 Å². The van der Waals surface area contributed by atoms with Crippen LogP contribution < -0.4 is 4.90 Å². The van der Waals surface area contributed by atoms with E-state index in [4.69, 9.17) is 16.7 Å². The third-order valence-corrected chi connectivity index (χ3v) is 4.75. The van der Waals surface area contributed by atoms with Crippen LogP contribution in [0.15, 0.2) is 40.9 Å². The summed E-state index contributed by atoms with van der Waals surface area (Å²) in [6, 6.07) is 9.72. The van der Waals surface area contributed by atoms with Crippen molar-refractivity contribution in [3.63, 3.8) is 0 Å². The normalized spacial score (nSPS) is 11.0. The topological polar surface area (TPSA) is 40.5 Å². The predicted octanol–water partition coefficient (Wildman–Crippen LogP) is 4.90. The van der Waals surface area contributed by atoms with E-state index < -0.39 is 5.97 Å². The summed E-state index contributed by atoms with van der Waals surface area (Å²) in [6.07, 6.45) is 2.69. The third kappa shape index (κ3) is 4.59. The lowest BCUT2D eigenvalue weighted by Crippen LogP contribution is -2.15. The molecule has 110 valence electrons. The van der Waals surface area contributed by atoms with Crippen LogP contribution in [0.3, 0.4) is 0 Å². The fraction of sp³-hybridized carbons (Fsp3) is 0.133. The lowest BCUT2D eigenvalue weighted by atomic mass is 10.2. The van der Waals surface area contributed by atoms with E-state index in [1.165, 1.54) is 4.88 Å². The van der Waals surface area contributed by atoms with Gasteiger partial charge in [-0.05, 0) is 35.9 Å². The molecule has 3 nitrogen and oxygen atoms in total. The Hall–Kier alpha value is -1.30. The van der Waals surface area contributed by atoms with Gasteiger partial charge >= 0.3 is 5.97 Å². The average molecular weight is 387 g/mol. The summed E-state index contributed by atoms with van der Waals surface area (Å²) in [5.41, 5.74) is 1.87. The Kier molecular flexibility index (Phi) is 5.45. The molecule has 0 radical (unpaired) electrons. The third-order valence-electron chi connectivity index (χ3n) is 2.85. The maximum Gasteiger partial charge on any atom is 0.328 e. The number of nitrogens with zero attached hydrogens (tertiary/aromatic N) is 1. The van der Waals surface area contributed by atoms with Gasteiger partial charge in [-0.15, -0.1) is 11.3 Å². The van der Waals surface area contributed by atoms with E-state index in [-0.39, 0.29) is 0 Å². The van der Waals surface area contributed by atoms with Gasteiger partial charge in [0.1, 0.15) is 0 Å². The van der Waals surface area contributed by atoms with E-state index in [2.05, 4.69) is 20.8 Å². The highest BCUT2D eigenvalue weighted by Crippen LogP contribution is 2.27. The summed E-state index contributed by atoms with van der Waals surface area (Å²) in [7, 11) is 2.00. The number of anilines is 1. The largest absolute Gasteiger partial charge is 0.478 e. The molecule has 0 spiro atoms. The van der Waals surface area contributed by atoms with E-state index in [0.29, 0.717) is 0 Å². The lowest BCUT2D eigenvalue weighted by Gasteiger charge is -2.19. The summed E-state index contributed by atoms with van der Waals surface area (Å²) >= 11 is 11.0. The zero-order chi connectivity index (χ0) is 15.4. The average Bonchev–Trinajstić information content (AvgIpc) is 2.82. The molecule has 0 saturated heterocycles. The predicted molar refractivity (Wildman–Crippen MR) is 92.2 cm³/mol. The summed E-state index contributed by atoms with van der Waals surface area (Å²) in [6.45, 7) is 0.772. The second kappa shape index (κ2) is 7.11. The van der Waals surface area contributed by atoms with Gasteiger partial charge in [-0.2, -0.15) is 0 Å². The first kappa shape index (κ1) is 16.1. The van der Waals surface area contributed by atoms with Crippen molar-refractivity contribution in [2.24, 2.45) is 0 Å². The molecule has 0 unspecified atom stereocenters. The van der Waals surface area contributed by atoms with E-state index in [0.717, 1.165) is 32.7 Å². The smallest absolute Gasteiger partial charge is 0.328 e. The quantitative estimate of drug-likeness (QED) is 0.743. The van der Waals surface area contributed by atoms with Gasteiger partial charge < -0.3 is 10.0 Å². The highest BCUT2D eigenvalue weighted by atomic mass is 79.9. The molecule has 0 atom stereocenters. The number of hydrogen-bond acceptors (Lipinski definition) is 3. The van der Waals surface area contributed by atoms with Crippen molar-refractivity contribution in [3.8, 4) is 0 Å². The van der Waals surface area contributed by atoms with Crippen molar-refractivity contribution in [1.82, 2.24) is 0 Å². The van der Waals surface area contributed by atoms with E-state index in [9.17, 15) is 4.79 Å². The molecular formula is C15H13BrClNO2S. The van der Waals surface area contributed by atoms with Crippen LogP contribution in [0.25, 0.3) is 6.08 Å². The van der Waals surface area contributed by atoms with E-state index >= 15 is 0 Å². The van der Waals surface area contributed by atoms with Gasteiger partial charge in [-0.3, -0.25) is 0 Å². The molecule has 0 aliphatic heterocycles. The molecule has 0 fully saturated rings. The van der Waals surface area contributed by atoms with Gasteiger partial charge in [-0.1, -0.05) is 33.6 Å². The van der Waals surface area contributed by atoms with Gasteiger partial charge in [0.25, 0.3) is 0 Å². The number of carboxylic acid groups (broad SMARTS) is 1. The van der Waals surface area contributed by atoms with Crippen LogP contribution in [0.4, 0.5) is 5.69 Å². The first-order valence-electron chi connectivity index (χ1n) is 6.11. The summed E-state index contributed by atoms with van der Waals surface area (Å²) in [5.74, 6) is -0.960. The highest BCUT2D eigenvalue weighted by Gasteiger charge is 2.06. The molecule has 0 aliphatic carbocycles. The zero-order valence-corrected chi connectivity index (χ0v) is 14.4. The number of hydrogen-bond donors (Lipinski definition) is 1. The van der Waals surface area contributed by atoms with Crippen molar-refractivity contribution in [2.75, 3.05) is 11.9 Å². The van der Waals surface area contributed by atoms with Crippen LogP contribution in [0.1, 0.15) is 10.4 Å². The number of halogens is 2. The van der Waals surface area contributed by atoms with Gasteiger partial charge in [0, 0.05) is 28.2 Å². The van der Waals surface area contributed by atoms with Crippen molar-refractivity contribution in [1.29, 1.82) is 0 Å². The number of thiophene rings is 1. The summed E-state index contributed by atoms with van der Waals surface area (Å²) in [4.78, 5) is 13.8. The Morgan fingerprint density at radius 1 is 1.43 bits per heavy atom. The molecular weight excluding hydrogens is 374 g/mol. The molecule has 1 aromatic carbocycles. The zero-order valence-electron chi connectivity index (χ0n) is 11.2. The monoisotopic (exact) mass is 385 g/mol. The lowest BCUT2D eigenvalue weighted by molar-refractivity contribution is -0.131. The molecule has 1 heterocycles. The molecule has 0 saturated carbocycles. The summed E-state index contributed by atoms with van der Waals surface area (Å²) < 4.78 is 1.64. The molecule has 0 bridgehead atoms. The fourth-order valence-corrected chi connectivity index (χ4v) is 3.45. The molecule has 0 amide bonds. The van der Waals surface area contributed by atoms with Crippen LogP contribution in [0.2, 0.25) is 4.34 Å². The maximum atomic E-state index is 10.5. The molecule has 2 aromatic rings. The molecule has 1 N–H and O–H groups in total. The van der Waals surface area contributed by atoms with Crippen molar-refractivity contribution in [3.05, 3.63) is 55.7 Å². The van der Waals surface area contributed by atoms with Crippen LogP contribution in [0.5, 0.6) is 0 Å². The standard InChI is InChI=1S/C15H13BrClNO2S/c1-18(9-12-5-6-14(17)21-12)11-4-2-10(13(16)8-11)3-7-15(19)20/h2-8H,9H2,1H3,(H,19,20)/b7-3+. The maximum absolute atomic E-state index is 10.5. The number of benzene rings is 1. The Balaban J connectivity index is 2.13. The summed E-state index contributed by atoms with van der Waals surface area (Å²) in [5, 5.41) is 8.65. The van der Waals surface area contributed by atoms with Crippen LogP contribution in [-0.2, 0) is 11.3 Å². The molecule has 21 heavy (non-hydrogen) atoms. The van der Waals surface area contributed by atoms with Gasteiger partial charge in [0.2, 0.25) is 0 Å². The van der Waals surface area contributed by atoms with E-state index in [1.54, 1.807) is 17.4 Å². The minimum Gasteiger partial charge on any atom is -0.478 e. The number of rotatable bonds is 5. The SMILES string of the molecule is CN(Cc1ccc(Cl)s1)c1ccc(/C=C/C(=O)O)c(Br)c1. The number of carboxylic acids is 1. The number of aliphatic carboxylic acids is 1. The van der Waals surface area contributed by atoms with Crippen LogP contribution >= 0.6 is 38.9 Å². The molecule has 1 aromatic heterocycles. The second-order valence-electron chi connectivity index (χ2n) is 4.44. The number of carbonyl (C=O) groups is 1. The van der Waals surface area contributed by atoms with Crippen molar-refractivity contribution < 1.29 is 9.90 Å². The second-order valence-corrected chi connectivity index (χ2v) is 7.09. The molecule has 0 aliphatic rings. The van der Waals surface area contributed by atoms with Crippen molar-refractivity contribution >= 4 is 56.6 Å². The Labute approximate surface area is 140 Å². The van der Waals surface area contributed by atoms with Gasteiger partial charge in [-0.25, -0.2) is 4.79 Å². The van der Waals surface area contributed by atoms with E-state index in [1.807, 2.05) is 37.4 Å². The fourth-order valence-electron chi connectivity index (χ4n) is 1.81. The van der Waals surface area contributed by atoms with Crippen LogP contribution in [0, 0.1) is 0 Å². The van der Waals surface area contributed by atoms with Crippen LogP contribution in [-0.4, -0.2) is 18.1 Å². The highest BCUT2D eigenvalue weighted by molar-refractivity contribution is 9.10. The Morgan fingerprint density at radius 3 is 2.76 bits per heavy atom. The van der Waals surface area contributed by atoms with Crippen molar-refractivity contribution in [2.45, 2.75) is 6.54 Å². The van der Waals surface area contributed by atoms with Gasteiger partial charge in [0.05, 0.1) is 10.9 Å². The minimum atomic E-state index is -0.960. The Bertz CT molecular complexity index is 684. The first-order valence-corrected chi connectivity index (χ1v) is 8.10. The molecule has 6 heteroatoms. The first-order chi connectivity index (χ1) is 9.95. The molecule has 2 rings (SSSR count). The Morgan fingerprint density at radius 2 is 2.19 bits per heavy atom.